The molecule has 1 spiro atoms. The number of hydrogen-bond acceptors (Lipinski definition) is 5. The zero-order valence-electron chi connectivity index (χ0n) is 13.7. The van der Waals surface area contributed by atoms with Crippen LogP contribution in [0.25, 0.3) is 0 Å². The number of thioether (sulfide) groups is 1. The van der Waals surface area contributed by atoms with Gasteiger partial charge in [0.1, 0.15) is 0 Å². The van der Waals surface area contributed by atoms with Crippen LogP contribution in [0.1, 0.15) is 17.8 Å². The van der Waals surface area contributed by atoms with Gasteiger partial charge in [-0.15, -0.1) is 11.8 Å². The first-order valence-corrected chi connectivity index (χ1v) is 10.0. The molecule has 0 N–H and O–H groups in total. The number of rotatable bonds is 5. The van der Waals surface area contributed by atoms with Gasteiger partial charge in [-0.3, -0.25) is 4.98 Å². The van der Waals surface area contributed by atoms with Crippen LogP contribution < -0.4 is 0 Å². The minimum Gasteiger partial charge on any atom is -0.371 e. The van der Waals surface area contributed by atoms with Crippen molar-refractivity contribution in [1.29, 1.82) is 0 Å². The summed E-state index contributed by atoms with van der Waals surface area (Å²) in [5.41, 5.74) is 1.94. The van der Waals surface area contributed by atoms with E-state index in [1.807, 2.05) is 36.9 Å². The molecule has 6 nitrogen and oxygen atoms in total. The van der Waals surface area contributed by atoms with E-state index in [0.717, 1.165) is 23.6 Å². The molecule has 1 aromatic heterocycles. The summed E-state index contributed by atoms with van der Waals surface area (Å²) in [7, 11) is -0.134. The van der Waals surface area contributed by atoms with E-state index in [1.165, 1.54) is 4.31 Å². The van der Waals surface area contributed by atoms with Crippen LogP contribution >= 0.6 is 11.8 Å². The predicted octanol–water partition coefficient (Wildman–Crippen LogP) is 1.27. The van der Waals surface area contributed by atoms with Gasteiger partial charge in [0.25, 0.3) is 10.2 Å². The zero-order valence-corrected chi connectivity index (χ0v) is 15.4. The Bertz CT molecular complexity index is 672. The molecule has 3 heterocycles. The molecule has 2 saturated heterocycles. The van der Waals surface area contributed by atoms with Crippen LogP contribution in [0.15, 0.2) is 18.2 Å². The Labute approximate surface area is 142 Å². The fourth-order valence-electron chi connectivity index (χ4n) is 3.00. The highest BCUT2D eigenvalue weighted by Crippen LogP contribution is 2.47. The van der Waals surface area contributed by atoms with Crippen LogP contribution in [-0.2, 0) is 21.6 Å². The molecule has 0 amide bonds. The van der Waals surface area contributed by atoms with E-state index in [1.54, 1.807) is 18.4 Å². The highest BCUT2D eigenvalue weighted by Gasteiger charge is 2.53. The summed E-state index contributed by atoms with van der Waals surface area (Å²) < 4.78 is 33.0. The van der Waals surface area contributed by atoms with Gasteiger partial charge in [-0.25, -0.2) is 0 Å². The van der Waals surface area contributed by atoms with Crippen LogP contribution in [-0.4, -0.2) is 65.8 Å². The van der Waals surface area contributed by atoms with Crippen LogP contribution in [0.3, 0.4) is 0 Å². The molecular weight excluding hydrogens is 334 g/mol. The fourth-order valence-corrected chi connectivity index (χ4v) is 6.00. The molecule has 23 heavy (non-hydrogen) atoms. The second-order valence-corrected chi connectivity index (χ2v) is 10.1. The van der Waals surface area contributed by atoms with Crippen molar-refractivity contribution in [3.05, 3.63) is 29.6 Å². The van der Waals surface area contributed by atoms with E-state index >= 15 is 0 Å². The lowest BCUT2D eigenvalue weighted by Crippen LogP contribution is -2.62. The summed E-state index contributed by atoms with van der Waals surface area (Å²) in [6.45, 7) is 3.65. The van der Waals surface area contributed by atoms with Gasteiger partial charge in [0.2, 0.25) is 0 Å². The molecule has 1 atom stereocenters. The number of hydrogen-bond donors (Lipinski definition) is 0. The minimum absolute atomic E-state index is 0.0355. The highest BCUT2D eigenvalue weighted by atomic mass is 32.2. The molecular formula is C15H23N3O3S2. The van der Waals surface area contributed by atoms with Crippen LogP contribution in [0.4, 0.5) is 0 Å². The van der Waals surface area contributed by atoms with Crippen LogP contribution in [0, 0.1) is 6.92 Å². The molecule has 3 rings (SSSR count). The third-order valence-corrected chi connectivity index (χ3v) is 7.71. The second-order valence-electron chi connectivity index (χ2n) is 6.46. The van der Waals surface area contributed by atoms with Gasteiger partial charge >= 0.3 is 0 Å². The van der Waals surface area contributed by atoms with Gasteiger partial charge in [0.05, 0.1) is 18.4 Å². The van der Waals surface area contributed by atoms with Gasteiger partial charge in [-0.2, -0.15) is 17.0 Å². The molecule has 8 heteroatoms. The molecule has 0 unspecified atom stereocenters. The molecule has 128 valence electrons. The Balaban J connectivity index is 1.50. The van der Waals surface area contributed by atoms with E-state index < -0.39 is 10.2 Å². The minimum atomic E-state index is -3.28. The smallest absolute Gasteiger partial charge is 0.281 e. The van der Waals surface area contributed by atoms with Crippen LogP contribution in [0.2, 0.25) is 0 Å². The Kier molecular flexibility index (Phi) is 4.72. The van der Waals surface area contributed by atoms with E-state index in [9.17, 15) is 8.42 Å². The molecule has 2 aliphatic heterocycles. The summed E-state index contributed by atoms with van der Waals surface area (Å²) >= 11 is 1.84. The topological polar surface area (TPSA) is 62.7 Å². The van der Waals surface area contributed by atoms with E-state index in [-0.39, 0.29) is 10.9 Å². The number of pyridine rings is 1. The average molecular weight is 358 g/mol. The van der Waals surface area contributed by atoms with E-state index in [0.29, 0.717) is 19.7 Å². The molecule has 0 aromatic carbocycles. The Hall–Kier alpha value is -0.670. The lowest BCUT2D eigenvalue weighted by Gasteiger charge is -2.46. The first-order valence-electron chi connectivity index (χ1n) is 7.66. The summed E-state index contributed by atoms with van der Waals surface area (Å²) in [6, 6.07) is 5.93. The second kappa shape index (κ2) is 6.33. The first kappa shape index (κ1) is 17.2. The number of ether oxygens (including phenoxy) is 1. The maximum Gasteiger partial charge on any atom is 0.281 e. The largest absolute Gasteiger partial charge is 0.371 e. The Morgan fingerprint density at radius 3 is 2.83 bits per heavy atom. The molecule has 0 bridgehead atoms. The van der Waals surface area contributed by atoms with E-state index in [2.05, 4.69) is 4.98 Å². The zero-order chi connectivity index (χ0) is 16.7. The van der Waals surface area contributed by atoms with Crippen molar-refractivity contribution in [2.24, 2.45) is 0 Å². The van der Waals surface area contributed by atoms with Gasteiger partial charge in [0, 0.05) is 43.4 Å². The normalized spacial score (nSPS) is 24.3. The molecule has 2 aliphatic rings. The maximum atomic E-state index is 12.1. The summed E-state index contributed by atoms with van der Waals surface area (Å²) in [4.78, 5) is 4.44. The Morgan fingerprint density at radius 2 is 2.17 bits per heavy atom. The highest BCUT2D eigenvalue weighted by molar-refractivity contribution is 8.01. The molecule has 0 radical (unpaired) electrons. The molecule has 0 saturated carbocycles. The monoisotopic (exact) mass is 357 g/mol. The van der Waals surface area contributed by atoms with Crippen LogP contribution in [0.5, 0.6) is 0 Å². The third kappa shape index (κ3) is 3.56. The van der Waals surface area contributed by atoms with Gasteiger partial charge in [-0.05, 0) is 25.5 Å². The fraction of sp³-hybridized carbons (Fsp3) is 0.667. The summed E-state index contributed by atoms with van der Waals surface area (Å²) in [5.74, 6) is 0.918. The number of nitrogens with zero attached hydrogens (tertiary/aromatic N) is 3. The summed E-state index contributed by atoms with van der Waals surface area (Å²) in [6.07, 6.45) is 1.08. The number of aromatic nitrogens is 1. The first-order chi connectivity index (χ1) is 10.8. The van der Waals surface area contributed by atoms with Crippen molar-refractivity contribution in [3.63, 3.8) is 0 Å². The SMILES string of the molecule is Cc1cccc(CO[C@@H]2CSC3(C2)CN(S(=O)(=O)N(C)C)C3)n1. The summed E-state index contributed by atoms with van der Waals surface area (Å²) in [5, 5.41) is 0. The van der Waals surface area contributed by atoms with Crippen molar-refractivity contribution in [2.45, 2.75) is 30.8 Å². The predicted molar refractivity (Wildman–Crippen MR) is 91.5 cm³/mol. The van der Waals surface area contributed by atoms with Gasteiger partial charge < -0.3 is 4.74 Å². The quantitative estimate of drug-likeness (QED) is 0.794. The molecule has 1 aromatic rings. The van der Waals surface area contributed by atoms with E-state index in [4.69, 9.17) is 4.74 Å². The lowest BCUT2D eigenvalue weighted by molar-refractivity contribution is 0.0376. The average Bonchev–Trinajstić information content (AvgIpc) is 2.88. The van der Waals surface area contributed by atoms with Crippen molar-refractivity contribution in [1.82, 2.24) is 13.6 Å². The third-order valence-electron chi connectivity index (χ3n) is 4.30. The van der Waals surface area contributed by atoms with Crippen molar-refractivity contribution >= 4 is 22.0 Å². The van der Waals surface area contributed by atoms with Gasteiger partial charge in [-0.1, -0.05) is 6.07 Å². The van der Waals surface area contributed by atoms with Crippen molar-refractivity contribution in [2.75, 3.05) is 32.9 Å². The van der Waals surface area contributed by atoms with Crippen molar-refractivity contribution in [3.8, 4) is 0 Å². The number of aryl methyl sites for hydroxylation is 1. The van der Waals surface area contributed by atoms with Crippen molar-refractivity contribution < 1.29 is 13.2 Å². The molecule has 2 fully saturated rings. The van der Waals surface area contributed by atoms with Gasteiger partial charge in [0.15, 0.2) is 0 Å². The Morgan fingerprint density at radius 1 is 1.43 bits per heavy atom. The lowest BCUT2D eigenvalue weighted by atomic mass is 9.95. The standard InChI is InChI=1S/C15H23N3O3S2/c1-12-5-4-6-13(16-12)8-21-14-7-15(22-9-14)10-18(11-15)23(19,20)17(2)3/h4-6,14H,7-11H2,1-3H3/t14-/m0/s1. The molecule has 0 aliphatic carbocycles. The maximum absolute atomic E-state index is 12.1.